The topological polar surface area (TPSA) is 49.8 Å². The number of rotatable bonds is 3. The van der Waals surface area contributed by atoms with Gasteiger partial charge in [0, 0.05) is 19.2 Å². The van der Waals surface area contributed by atoms with Gasteiger partial charge in [0.25, 0.3) is 0 Å². The van der Waals surface area contributed by atoms with Crippen molar-refractivity contribution in [1.82, 2.24) is 9.97 Å². The van der Waals surface area contributed by atoms with Crippen LogP contribution in [-0.2, 0) is 6.18 Å². The van der Waals surface area contributed by atoms with E-state index in [9.17, 15) is 13.2 Å². The average Bonchev–Trinajstić information content (AvgIpc) is 2.40. The molecule has 1 aliphatic rings. The van der Waals surface area contributed by atoms with Gasteiger partial charge in [-0.25, -0.2) is 4.98 Å². The predicted molar refractivity (Wildman–Crippen MR) is 76.2 cm³/mol. The van der Waals surface area contributed by atoms with Gasteiger partial charge in [0.1, 0.15) is 5.82 Å². The summed E-state index contributed by atoms with van der Waals surface area (Å²) in [5.41, 5.74) is -0.889. The van der Waals surface area contributed by atoms with Crippen LogP contribution in [0.25, 0.3) is 0 Å². The summed E-state index contributed by atoms with van der Waals surface area (Å²) in [6.07, 6.45) is -0.247. The standard InChI is InChI=1S/C14H21F3N4/c1-13(2)7-5-4-6-9(13)19-11-8-10(14(15,16)17)20-12(18-3)21-11/h8-9H,4-7H2,1-3H3,(H2,18,19,20,21). The molecule has 0 amide bonds. The zero-order chi connectivity index (χ0) is 15.7. The first-order chi connectivity index (χ1) is 9.72. The first kappa shape index (κ1) is 15.9. The molecular weight excluding hydrogens is 281 g/mol. The van der Waals surface area contributed by atoms with Crippen molar-refractivity contribution in [3.8, 4) is 0 Å². The number of anilines is 2. The van der Waals surface area contributed by atoms with Crippen LogP contribution in [0.15, 0.2) is 6.07 Å². The largest absolute Gasteiger partial charge is 0.433 e. The first-order valence-corrected chi connectivity index (χ1v) is 7.13. The van der Waals surface area contributed by atoms with E-state index in [2.05, 4.69) is 34.4 Å². The number of nitrogens with one attached hydrogen (secondary N) is 2. The number of aromatic nitrogens is 2. The molecule has 1 saturated carbocycles. The Morgan fingerprint density at radius 1 is 1.24 bits per heavy atom. The fourth-order valence-electron chi connectivity index (χ4n) is 2.72. The van der Waals surface area contributed by atoms with E-state index in [1.54, 1.807) is 0 Å². The lowest BCUT2D eigenvalue weighted by Crippen LogP contribution is -2.39. The Bertz CT molecular complexity index is 499. The minimum absolute atomic E-state index is 0.0269. The summed E-state index contributed by atoms with van der Waals surface area (Å²) in [6, 6.07) is 1.10. The Labute approximate surface area is 122 Å². The summed E-state index contributed by atoms with van der Waals surface area (Å²) in [7, 11) is 1.50. The molecule has 1 atom stereocenters. The second kappa shape index (κ2) is 5.69. The van der Waals surface area contributed by atoms with Crippen LogP contribution in [0.5, 0.6) is 0 Å². The van der Waals surface area contributed by atoms with Crippen molar-refractivity contribution in [3.63, 3.8) is 0 Å². The average molecular weight is 302 g/mol. The van der Waals surface area contributed by atoms with E-state index in [1.165, 1.54) is 7.05 Å². The lowest BCUT2D eigenvalue weighted by atomic mass is 9.73. The number of alkyl halides is 3. The van der Waals surface area contributed by atoms with Gasteiger partial charge >= 0.3 is 6.18 Å². The van der Waals surface area contributed by atoms with Gasteiger partial charge in [-0.1, -0.05) is 26.7 Å². The molecule has 2 N–H and O–H groups in total. The van der Waals surface area contributed by atoms with E-state index < -0.39 is 11.9 Å². The van der Waals surface area contributed by atoms with E-state index in [-0.39, 0.29) is 23.2 Å². The molecular formula is C14H21F3N4. The van der Waals surface area contributed by atoms with Gasteiger partial charge in [-0.2, -0.15) is 18.2 Å². The molecule has 118 valence electrons. The molecule has 4 nitrogen and oxygen atoms in total. The van der Waals surface area contributed by atoms with E-state index in [1.807, 2.05) is 0 Å². The summed E-state index contributed by atoms with van der Waals surface area (Å²) < 4.78 is 38.6. The third kappa shape index (κ3) is 3.77. The van der Waals surface area contributed by atoms with Gasteiger partial charge in [0.05, 0.1) is 0 Å². The summed E-state index contributed by atoms with van der Waals surface area (Å²) >= 11 is 0. The molecule has 7 heteroatoms. The Balaban J connectivity index is 2.27. The van der Waals surface area contributed by atoms with Crippen molar-refractivity contribution in [2.24, 2.45) is 5.41 Å². The molecule has 0 aliphatic heterocycles. The van der Waals surface area contributed by atoms with Crippen molar-refractivity contribution in [1.29, 1.82) is 0 Å². The summed E-state index contributed by atoms with van der Waals surface area (Å²) in [6.45, 7) is 4.27. The van der Waals surface area contributed by atoms with E-state index in [4.69, 9.17) is 0 Å². The van der Waals surface area contributed by atoms with Crippen LogP contribution in [0.1, 0.15) is 45.2 Å². The van der Waals surface area contributed by atoms with Crippen molar-refractivity contribution >= 4 is 11.8 Å². The molecule has 2 rings (SSSR count). The van der Waals surface area contributed by atoms with E-state index in [0.29, 0.717) is 0 Å². The molecule has 0 bridgehead atoms. The number of halogens is 3. The maximum Gasteiger partial charge on any atom is 0.433 e. The minimum atomic E-state index is -4.48. The molecule has 1 aromatic heterocycles. The highest BCUT2D eigenvalue weighted by atomic mass is 19.4. The summed E-state index contributed by atoms with van der Waals surface area (Å²) in [4.78, 5) is 7.56. The lowest BCUT2D eigenvalue weighted by Gasteiger charge is -2.39. The SMILES string of the molecule is CNc1nc(NC2CCCCC2(C)C)cc(C(F)(F)F)n1. The highest BCUT2D eigenvalue weighted by Crippen LogP contribution is 2.37. The number of hydrogen-bond acceptors (Lipinski definition) is 4. The first-order valence-electron chi connectivity index (χ1n) is 7.13. The van der Waals surface area contributed by atoms with Crippen LogP contribution in [0, 0.1) is 5.41 Å². The molecule has 0 saturated heterocycles. The maximum atomic E-state index is 12.9. The Kier molecular flexibility index (Phi) is 4.30. The van der Waals surface area contributed by atoms with Crippen LogP contribution in [-0.4, -0.2) is 23.1 Å². The van der Waals surface area contributed by atoms with Gasteiger partial charge in [-0.15, -0.1) is 0 Å². The molecule has 21 heavy (non-hydrogen) atoms. The van der Waals surface area contributed by atoms with Crippen LogP contribution in [0.4, 0.5) is 24.9 Å². The highest BCUT2D eigenvalue weighted by molar-refractivity contribution is 5.44. The summed E-state index contributed by atoms with van der Waals surface area (Å²) in [5.74, 6) is 0.197. The Morgan fingerprint density at radius 3 is 2.52 bits per heavy atom. The fourth-order valence-corrected chi connectivity index (χ4v) is 2.72. The smallest absolute Gasteiger partial charge is 0.367 e. The summed E-state index contributed by atoms with van der Waals surface area (Å²) in [5, 5.41) is 5.74. The lowest BCUT2D eigenvalue weighted by molar-refractivity contribution is -0.141. The Hall–Kier alpha value is -1.53. The minimum Gasteiger partial charge on any atom is -0.367 e. The molecule has 0 spiro atoms. The predicted octanol–water partition coefficient (Wildman–Crippen LogP) is 3.92. The second-order valence-corrected chi connectivity index (χ2v) is 6.14. The van der Waals surface area contributed by atoms with Crippen molar-refractivity contribution in [2.75, 3.05) is 17.7 Å². The van der Waals surface area contributed by atoms with Gasteiger partial charge in [-0.3, -0.25) is 0 Å². The third-order valence-corrected chi connectivity index (χ3v) is 4.07. The molecule has 1 fully saturated rings. The highest BCUT2D eigenvalue weighted by Gasteiger charge is 2.35. The quantitative estimate of drug-likeness (QED) is 0.888. The molecule has 0 aromatic carbocycles. The van der Waals surface area contributed by atoms with Crippen LogP contribution < -0.4 is 10.6 Å². The number of nitrogens with zero attached hydrogens (tertiary/aromatic N) is 2. The second-order valence-electron chi connectivity index (χ2n) is 6.14. The number of hydrogen-bond donors (Lipinski definition) is 2. The molecule has 1 aromatic rings. The van der Waals surface area contributed by atoms with E-state index in [0.717, 1.165) is 31.7 Å². The van der Waals surface area contributed by atoms with Crippen molar-refractivity contribution in [3.05, 3.63) is 11.8 Å². The molecule has 0 radical (unpaired) electrons. The van der Waals surface area contributed by atoms with Gasteiger partial charge in [0.15, 0.2) is 5.69 Å². The zero-order valence-corrected chi connectivity index (χ0v) is 12.5. The maximum absolute atomic E-state index is 12.9. The van der Waals surface area contributed by atoms with Crippen LogP contribution in [0.3, 0.4) is 0 Å². The van der Waals surface area contributed by atoms with Gasteiger partial charge in [0.2, 0.25) is 5.95 Å². The molecule has 1 unspecified atom stereocenters. The van der Waals surface area contributed by atoms with Crippen molar-refractivity contribution in [2.45, 2.75) is 51.7 Å². The van der Waals surface area contributed by atoms with Gasteiger partial charge < -0.3 is 10.6 Å². The third-order valence-electron chi connectivity index (χ3n) is 4.07. The van der Waals surface area contributed by atoms with Crippen LogP contribution >= 0.6 is 0 Å². The Morgan fingerprint density at radius 2 is 1.95 bits per heavy atom. The normalized spacial score (nSPS) is 21.9. The monoisotopic (exact) mass is 302 g/mol. The van der Waals surface area contributed by atoms with Crippen LogP contribution in [0.2, 0.25) is 0 Å². The zero-order valence-electron chi connectivity index (χ0n) is 12.5. The van der Waals surface area contributed by atoms with E-state index >= 15 is 0 Å². The van der Waals surface area contributed by atoms with Gasteiger partial charge in [-0.05, 0) is 18.3 Å². The van der Waals surface area contributed by atoms with Crippen molar-refractivity contribution < 1.29 is 13.2 Å². The molecule has 1 aliphatic carbocycles. The fraction of sp³-hybridized carbons (Fsp3) is 0.714. The molecule has 1 heterocycles.